The minimum Gasteiger partial charge on any atom is -0.339 e. The van der Waals surface area contributed by atoms with Gasteiger partial charge in [-0.3, -0.25) is 4.79 Å². The van der Waals surface area contributed by atoms with Crippen LogP contribution in [0.25, 0.3) is 0 Å². The summed E-state index contributed by atoms with van der Waals surface area (Å²) in [5.41, 5.74) is 1.86. The summed E-state index contributed by atoms with van der Waals surface area (Å²) < 4.78 is 0. The van der Waals surface area contributed by atoms with Crippen molar-refractivity contribution in [3.05, 3.63) is 40.9 Å². The van der Waals surface area contributed by atoms with Gasteiger partial charge < -0.3 is 10.6 Å². The first-order valence-electron chi connectivity index (χ1n) is 6.79. The Labute approximate surface area is 127 Å². The molecule has 1 aliphatic carbocycles. The number of nitrogens with one attached hydrogen (secondary N) is 2. The number of carbonyl (C=O) groups excluding carboxylic acids is 1. The summed E-state index contributed by atoms with van der Waals surface area (Å²) >= 11 is 6.07. The summed E-state index contributed by atoms with van der Waals surface area (Å²) in [6.07, 6.45) is 1.93. The van der Waals surface area contributed by atoms with Crippen molar-refractivity contribution in [3.63, 3.8) is 0 Å². The van der Waals surface area contributed by atoms with E-state index in [-0.39, 0.29) is 11.8 Å². The van der Waals surface area contributed by atoms with Gasteiger partial charge in [-0.25, -0.2) is 0 Å². The molecule has 21 heavy (non-hydrogen) atoms. The number of hydrogen-bond donors (Lipinski definition) is 2. The first-order valence-corrected chi connectivity index (χ1v) is 7.17. The van der Waals surface area contributed by atoms with Crippen LogP contribution in [0.1, 0.15) is 18.4 Å². The van der Waals surface area contributed by atoms with Crippen LogP contribution in [0.4, 0.5) is 17.3 Å². The molecule has 0 bridgehead atoms. The summed E-state index contributed by atoms with van der Waals surface area (Å²) in [5, 5.41) is 14.6. The molecule has 1 saturated carbocycles. The van der Waals surface area contributed by atoms with Crippen molar-refractivity contribution in [2.75, 3.05) is 10.6 Å². The molecule has 0 atom stereocenters. The number of aryl methyl sites for hydroxylation is 1. The Morgan fingerprint density at radius 1 is 1.19 bits per heavy atom. The maximum absolute atomic E-state index is 11.6. The molecule has 1 aromatic heterocycles. The molecule has 1 aromatic carbocycles. The fourth-order valence-corrected chi connectivity index (χ4v) is 2.04. The van der Waals surface area contributed by atoms with E-state index in [2.05, 4.69) is 20.8 Å². The second kappa shape index (κ2) is 5.69. The predicted octanol–water partition coefficient (Wildman–Crippen LogP) is 3.53. The number of anilines is 3. The van der Waals surface area contributed by atoms with E-state index in [1.807, 2.05) is 25.1 Å². The predicted molar refractivity (Wildman–Crippen MR) is 82.9 cm³/mol. The first kappa shape index (κ1) is 13.8. The van der Waals surface area contributed by atoms with Crippen LogP contribution >= 0.6 is 11.6 Å². The maximum atomic E-state index is 11.6. The normalized spacial score (nSPS) is 13.8. The molecule has 108 valence electrons. The third-order valence-corrected chi connectivity index (χ3v) is 3.72. The largest absolute Gasteiger partial charge is 0.339 e. The number of nitrogens with zero attached hydrogens (tertiary/aromatic N) is 2. The lowest BCUT2D eigenvalue weighted by Gasteiger charge is -2.07. The molecule has 3 rings (SSSR count). The van der Waals surface area contributed by atoms with Gasteiger partial charge in [0, 0.05) is 16.6 Å². The standard InChI is InChI=1S/C15H15ClN4O/c1-9-2-5-11(8-12(9)16)17-13-6-7-14(20-19-13)18-15(21)10-3-4-10/h2,5-8,10H,3-4H2,1H3,(H,17,19)(H,18,20,21). The second-order valence-electron chi connectivity index (χ2n) is 5.16. The third-order valence-electron chi connectivity index (χ3n) is 3.31. The minimum absolute atomic E-state index is 0.0234. The van der Waals surface area contributed by atoms with Gasteiger partial charge in [-0.15, -0.1) is 10.2 Å². The summed E-state index contributed by atoms with van der Waals surface area (Å²) in [6.45, 7) is 1.95. The number of carbonyl (C=O) groups is 1. The lowest BCUT2D eigenvalue weighted by atomic mass is 10.2. The quantitative estimate of drug-likeness (QED) is 0.906. The molecule has 1 aliphatic rings. The van der Waals surface area contributed by atoms with Gasteiger partial charge in [0.1, 0.15) is 0 Å². The summed E-state index contributed by atoms with van der Waals surface area (Å²) in [6, 6.07) is 9.18. The average Bonchev–Trinajstić information content (AvgIpc) is 3.30. The Balaban J connectivity index is 1.65. The van der Waals surface area contributed by atoms with Crippen LogP contribution in [0.3, 0.4) is 0 Å². The van der Waals surface area contributed by atoms with E-state index in [9.17, 15) is 4.79 Å². The van der Waals surface area contributed by atoms with E-state index in [0.717, 1.165) is 24.1 Å². The summed E-state index contributed by atoms with van der Waals surface area (Å²) in [4.78, 5) is 11.6. The van der Waals surface area contributed by atoms with Crippen molar-refractivity contribution in [2.24, 2.45) is 5.92 Å². The van der Waals surface area contributed by atoms with Crippen molar-refractivity contribution in [1.82, 2.24) is 10.2 Å². The fraction of sp³-hybridized carbons (Fsp3) is 0.267. The Bertz CT molecular complexity index is 668. The molecule has 0 aliphatic heterocycles. The molecule has 6 heteroatoms. The second-order valence-corrected chi connectivity index (χ2v) is 5.56. The van der Waals surface area contributed by atoms with Crippen molar-refractivity contribution < 1.29 is 4.79 Å². The molecule has 1 amide bonds. The molecular formula is C15H15ClN4O. The molecule has 0 spiro atoms. The fourth-order valence-electron chi connectivity index (χ4n) is 1.86. The SMILES string of the molecule is Cc1ccc(Nc2ccc(NC(=O)C3CC3)nn2)cc1Cl. The van der Waals surface area contributed by atoms with Gasteiger partial charge in [-0.05, 0) is 49.6 Å². The minimum atomic E-state index is 0.0234. The molecule has 0 saturated heterocycles. The highest BCUT2D eigenvalue weighted by Crippen LogP contribution is 2.30. The van der Waals surface area contributed by atoms with Crippen LogP contribution in [-0.4, -0.2) is 16.1 Å². The van der Waals surface area contributed by atoms with Gasteiger partial charge in [0.05, 0.1) is 0 Å². The van der Waals surface area contributed by atoms with E-state index >= 15 is 0 Å². The van der Waals surface area contributed by atoms with Gasteiger partial charge in [-0.1, -0.05) is 17.7 Å². The molecule has 1 fully saturated rings. The van der Waals surface area contributed by atoms with Crippen molar-refractivity contribution in [2.45, 2.75) is 19.8 Å². The zero-order chi connectivity index (χ0) is 14.8. The topological polar surface area (TPSA) is 66.9 Å². The molecule has 1 heterocycles. The van der Waals surface area contributed by atoms with Crippen molar-refractivity contribution in [1.29, 1.82) is 0 Å². The van der Waals surface area contributed by atoms with Gasteiger partial charge in [-0.2, -0.15) is 0 Å². The van der Waals surface area contributed by atoms with Crippen LogP contribution in [0, 0.1) is 12.8 Å². The van der Waals surface area contributed by atoms with E-state index in [1.54, 1.807) is 12.1 Å². The van der Waals surface area contributed by atoms with E-state index in [1.165, 1.54) is 0 Å². The Morgan fingerprint density at radius 2 is 1.90 bits per heavy atom. The Hall–Kier alpha value is -2.14. The van der Waals surface area contributed by atoms with Crippen LogP contribution in [0.15, 0.2) is 30.3 Å². The van der Waals surface area contributed by atoms with E-state index in [0.29, 0.717) is 16.7 Å². The van der Waals surface area contributed by atoms with Crippen LogP contribution in [0.5, 0.6) is 0 Å². The third kappa shape index (κ3) is 3.49. The van der Waals surface area contributed by atoms with E-state index in [4.69, 9.17) is 11.6 Å². The molecule has 5 nitrogen and oxygen atoms in total. The molecule has 2 aromatic rings. The van der Waals surface area contributed by atoms with Crippen molar-refractivity contribution in [3.8, 4) is 0 Å². The highest BCUT2D eigenvalue weighted by atomic mass is 35.5. The van der Waals surface area contributed by atoms with Gasteiger partial charge >= 0.3 is 0 Å². The average molecular weight is 303 g/mol. The first-order chi connectivity index (χ1) is 10.1. The van der Waals surface area contributed by atoms with Gasteiger partial charge in [0.15, 0.2) is 11.6 Å². The number of hydrogen-bond acceptors (Lipinski definition) is 4. The summed E-state index contributed by atoms with van der Waals surface area (Å²) in [5.74, 6) is 1.24. The van der Waals surface area contributed by atoms with Crippen LogP contribution in [0.2, 0.25) is 5.02 Å². The molecule has 0 radical (unpaired) electrons. The Morgan fingerprint density at radius 3 is 2.52 bits per heavy atom. The zero-order valence-corrected chi connectivity index (χ0v) is 12.3. The molecular weight excluding hydrogens is 288 g/mol. The molecule has 0 unspecified atom stereocenters. The summed E-state index contributed by atoms with van der Waals surface area (Å²) in [7, 11) is 0. The van der Waals surface area contributed by atoms with E-state index < -0.39 is 0 Å². The number of benzene rings is 1. The Kier molecular flexibility index (Phi) is 3.75. The highest BCUT2D eigenvalue weighted by Gasteiger charge is 2.29. The highest BCUT2D eigenvalue weighted by molar-refractivity contribution is 6.31. The van der Waals surface area contributed by atoms with Gasteiger partial charge in [0.25, 0.3) is 0 Å². The number of amides is 1. The maximum Gasteiger partial charge on any atom is 0.228 e. The zero-order valence-electron chi connectivity index (χ0n) is 11.6. The number of rotatable bonds is 4. The van der Waals surface area contributed by atoms with Crippen molar-refractivity contribution >= 4 is 34.8 Å². The van der Waals surface area contributed by atoms with Crippen LogP contribution in [-0.2, 0) is 4.79 Å². The lowest BCUT2D eigenvalue weighted by Crippen LogP contribution is -2.14. The van der Waals surface area contributed by atoms with Crippen LogP contribution < -0.4 is 10.6 Å². The number of aromatic nitrogens is 2. The monoisotopic (exact) mass is 302 g/mol. The molecule has 2 N–H and O–H groups in total. The van der Waals surface area contributed by atoms with Gasteiger partial charge in [0.2, 0.25) is 5.91 Å². The lowest BCUT2D eigenvalue weighted by molar-refractivity contribution is -0.117. The smallest absolute Gasteiger partial charge is 0.228 e. The number of halogens is 1.